The Morgan fingerprint density at radius 2 is 1.50 bits per heavy atom. The third-order valence-electron chi connectivity index (χ3n) is 5.45. The molecule has 0 aliphatic carbocycles. The number of hydrogen-bond donors (Lipinski definition) is 0. The second kappa shape index (κ2) is 10.9. The van der Waals surface area contributed by atoms with Gasteiger partial charge >= 0.3 is 0 Å². The first-order chi connectivity index (χ1) is 16.6. The van der Waals surface area contributed by atoms with Gasteiger partial charge in [0.05, 0.1) is 19.8 Å². The summed E-state index contributed by atoms with van der Waals surface area (Å²) in [5.74, 6) is 3.00. The molecule has 1 amide bonds. The van der Waals surface area contributed by atoms with Gasteiger partial charge in [0.25, 0.3) is 5.91 Å². The van der Waals surface area contributed by atoms with Gasteiger partial charge in [-0.1, -0.05) is 0 Å². The average Bonchev–Trinajstić information content (AvgIpc) is 3.41. The van der Waals surface area contributed by atoms with Gasteiger partial charge in [-0.15, -0.1) is 10.2 Å². The molecule has 180 valence electrons. The van der Waals surface area contributed by atoms with E-state index in [4.69, 9.17) is 14.2 Å². The number of carbonyl (C=O) groups is 1. The average molecular weight is 467 g/mol. The Morgan fingerprint density at radius 3 is 2.03 bits per heavy atom. The number of nitrogens with zero attached hydrogens (tertiary/aromatic N) is 6. The van der Waals surface area contributed by atoms with Crippen molar-refractivity contribution in [2.24, 2.45) is 0 Å². The molecule has 0 saturated carbocycles. The van der Waals surface area contributed by atoms with E-state index in [-0.39, 0.29) is 5.91 Å². The maximum Gasteiger partial charge on any atom is 0.254 e. The predicted molar refractivity (Wildman–Crippen MR) is 127 cm³/mol. The van der Waals surface area contributed by atoms with Crippen LogP contribution in [0, 0.1) is 0 Å². The smallest absolute Gasteiger partial charge is 0.254 e. The number of ether oxygens (including phenoxy) is 3. The minimum atomic E-state index is -0.0638. The molecule has 0 bridgehead atoms. The lowest BCUT2D eigenvalue weighted by molar-refractivity contribution is 0.0745. The van der Waals surface area contributed by atoms with E-state index in [9.17, 15) is 4.79 Å². The van der Waals surface area contributed by atoms with Crippen LogP contribution in [0.3, 0.4) is 0 Å². The first-order valence-electron chi connectivity index (χ1n) is 11.6. The quantitative estimate of drug-likeness (QED) is 0.475. The van der Waals surface area contributed by atoms with Gasteiger partial charge < -0.3 is 24.0 Å². The number of piperazine rings is 1. The molecule has 0 unspecified atom stereocenters. The van der Waals surface area contributed by atoms with Crippen molar-refractivity contribution in [2.45, 2.75) is 20.8 Å². The third kappa shape index (κ3) is 5.05. The minimum absolute atomic E-state index is 0.0638. The van der Waals surface area contributed by atoms with Crippen molar-refractivity contribution < 1.29 is 19.0 Å². The first kappa shape index (κ1) is 23.3. The Kier molecular flexibility index (Phi) is 7.46. The Hall–Kier alpha value is -3.82. The number of imidazole rings is 1. The first-order valence-corrected chi connectivity index (χ1v) is 11.6. The van der Waals surface area contributed by atoms with E-state index >= 15 is 0 Å². The predicted octanol–water partition coefficient (Wildman–Crippen LogP) is 2.82. The summed E-state index contributed by atoms with van der Waals surface area (Å²) < 4.78 is 19.1. The van der Waals surface area contributed by atoms with Crippen LogP contribution in [0.5, 0.6) is 17.2 Å². The van der Waals surface area contributed by atoms with Crippen molar-refractivity contribution >= 4 is 11.7 Å². The highest BCUT2D eigenvalue weighted by Gasteiger charge is 2.26. The zero-order chi connectivity index (χ0) is 23.9. The molecular formula is C24H30N6O4. The molecular weight excluding hydrogens is 436 g/mol. The van der Waals surface area contributed by atoms with E-state index < -0.39 is 0 Å². The lowest BCUT2D eigenvalue weighted by atomic mass is 10.1. The lowest BCUT2D eigenvalue weighted by Crippen LogP contribution is -2.49. The van der Waals surface area contributed by atoms with Crippen LogP contribution in [-0.2, 0) is 0 Å². The van der Waals surface area contributed by atoms with E-state index in [1.807, 2.05) is 44.0 Å². The van der Waals surface area contributed by atoms with Gasteiger partial charge in [0.2, 0.25) is 5.75 Å². The maximum absolute atomic E-state index is 13.3. The van der Waals surface area contributed by atoms with Crippen LogP contribution in [0.25, 0.3) is 5.82 Å². The Bertz CT molecular complexity index is 1050. The molecule has 2 aromatic heterocycles. The van der Waals surface area contributed by atoms with Crippen molar-refractivity contribution in [3.63, 3.8) is 0 Å². The normalized spacial score (nSPS) is 13.6. The van der Waals surface area contributed by atoms with E-state index in [1.165, 1.54) is 0 Å². The van der Waals surface area contributed by atoms with Gasteiger partial charge in [-0.2, -0.15) is 0 Å². The van der Waals surface area contributed by atoms with E-state index in [0.29, 0.717) is 74.6 Å². The van der Waals surface area contributed by atoms with Crippen LogP contribution >= 0.6 is 0 Å². The summed E-state index contributed by atoms with van der Waals surface area (Å²) in [6.07, 6.45) is 5.21. The standard InChI is InChI=1S/C24H30N6O4/c1-4-32-19-15-18(16-20(33-5-2)23(19)34-6-3)24(31)29-13-11-28(12-14-29)21-7-8-22(27-26-21)30-10-9-25-17-30/h7-10,15-17H,4-6,11-14H2,1-3H3. The van der Waals surface area contributed by atoms with Gasteiger partial charge in [-0.3, -0.25) is 9.36 Å². The van der Waals surface area contributed by atoms with Gasteiger partial charge in [0.15, 0.2) is 23.1 Å². The zero-order valence-corrected chi connectivity index (χ0v) is 19.8. The summed E-state index contributed by atoms with van der Waals surface area (Å²) in [4.78, 5) is 21.3. The molecule has 3 heterocycles. The van der Waals surface area contributed by atoms with E-state index in [2.05, 4.69) is 20.1 Å². The summed E-state index contributed by atoms with van der Waals surface area (Å²) >= 11 is 0. The number of carbonyl (C=O) groups excluding carboxylic acids is 1. The van der Waals surface area contributed by atoms with Gasteiger partial charge in [-0.25, -0.2) is 4.98 Å². The fourth-order valence-electron chi connectivity index (χ4n) is 3.85. The summed E-state index contributed by atoms with van der Waals surface area (Å²) in [7, 11) is 0. The molecule has 34 heavy (non-hydrogen) atoms. The van der Waals surface area contributed by atoms with Crippen LogP contribution in [0.15, 0.2) is 43.0 Å². The summed E-state index contributed by atoms with van der Waals surface area (Å²) in [6.45, 7) is 9.57. The van der Waals surface area contributed by atoms with Crippen molar-refractivity contribution in [1.29, 1.82) is 0 Å². The highest BCUT2D eigenvalue weighted by Crippen LogP contribution is 2.39. The van der Waals surface area contributed by atoms with E-state index in [1.54, 1.807) is 29.2 Å². The summed E-state index contributed by atoms with van der Waals surface area (Å²) in [5, 5.41) is 8.64. The molecule has 1 aliphatic rings. The van der Waals surface area contributed by atoms with Crippen LogP contribution < -0.4 is 19.1 Å². The second-order valence-electron chi connectivity index (χ2n) is 7.60. The van der Waals surface area contributed by atoms with Gasteiger partial charge in [0, 0.05) is 44.1 Å². The van der Waals surface area contributed by atoms with Gasteiger partial charge in [-0.05, 0) is 45.0 Å². The number of hydrogen-bond acceptors (Lipinski definition) is 8. The summed E-state index contributed by atoms with van der Waals surface area (Å²) in [6, 6.07) is 7.33. The number of benzene rings is 1. The number of rotatable bonds is 9. The van der Waals surface area contributed by atoms with Crippen molar-refractivity contribution in [1.82, 2.24) is 24.6 Å². The molecule has 4 rings (SSSR count). The van der Waals surface area contributed by atoms with E-state index in [0.717, 1.165) is 5.82 Å². The molecule has 1 saturated heterocycles. The highest BCUT2D eigenvalue weighted by molar-refractivity contribution is 5.95. The molecule has 0 spiro atoms. The molecule has 10 heteroatoms. The molecule has 1 fully saturated rings. The van der Waals surface area contributed by atoms with Crippen LogP contribution in [0.2, 0.25) is 0 Å². The lowest BCUT2D eigenvalue weighted by Gasteiger charge is -2.35. The molecule has 3 aromatic rings. The monoisotopic (exact) mass is 466 g/mol. The van der Waals surface area contributed by atoms with Crippen LogP contribution in [-0.4, -0.2) is 76.6 Å². The van der Waals surface area contributed by atoms with Crippen LogP contribution in [0.4, 0.5) is 5.82 Å². The third-order valence-corrected chi connectivity index (χ3v) is 5.45. The maximum atomic E-state index is 13.3. The zero-order valence-electron chi connectivity index (χ0n) is 19.8. The Labute approximate surface area is 199 Å². The molecule has 1 aliphatic heterocycles. The van der Waals surface area contributed by atoms with Crippen molar-refractivity contribution in [2.75, 3.05) is 50.9 Å². The topological polar surface area (TPSA) is 94.8 Å². The largest absolute Gasteiger partial charge is 0.490 e. The SMILES string of the molecule is CCOc1cc(C(=O)N2CCN(c3ccc(-n4ccnc4)nn3)CC2)cc(OCC)c1OCC. The van der Waals surface area contributed by atoms with Gasteiger partial charge in [0.1, 0.15) is 6.33 Å². The molecule has 0 radical (unpaired) electrons. The second-order valence-corrected chi connectivity index (χ2v) is 7.60. The fraction of sp³-hybridized carbons (Fsp3) is 0.417. The number of anilines is 1. The number of amides is 1. The fourth-order valence-corrected chi connectivity index (χ4v) is 3.85. The molecule has 1 aromatic carbocycles. The Balaban J connectivity index is 1.45. The van der Waals surface area contributed by atoms with Crippen molar-refractivity contribution in [3.05, 3.63) is 48.5 Å². The minimum Gasteiger partial charge on any atom is -0.490 e. The molecule has 0 N–H and O–H groups in total. The Morgan fingerprint density at radius 1 is 0.882 bits per heavy atom. The van der Waals surface area contributed by atoms with Crippen molar-refractivity contribution in [3.8, 4) is 23.1 Å². The summed E-state index contributed by atoms with van der Waals surface area (Å²) in [5.41, 5.74) is 0.522. The molecule has 10 nitrogen and oxygen atoms in total. The molecule has 0 atom stereocenters. The number of aromatic nitrogens is 4. The van der Waals surface area contributed by atoms with Crippen LogP contribution in [0.1, 0.15) is 31.1 Å². The highest BCUT2D eigenvalue weighted by atomic mass is 16.5.